The van der Waals surface area contributed by atoms with Crippen LogP contribution < -0.4 is 5.32 Å². The maximum atomic E-state index is 12.2. The Kier molecular flexibility index (Phi) is 15.4. The van der Waals surface area contributed by atoms with Gasteiger partial charge in [0.05, 0.1) is 0 Å². The lowest BCUT2D eigenvalue weighted by Crippen LogP contribution is -2.46. The van der Waals surface area contributed by atoms with E-state index in [0.29, 0.717) is 6.42 Å². The van der Waals surface area contributed by atoms with Gasteiger partial charge in [-0.05, 0) is 24.5 Å². The van der Waals surface area contributed by atoms with Gasteiger partial charge in [-0.15, -0.1) is 0 Å². The Labute approximate surface area is 192 Å². The van der Waals surface area contributed by atoms with Crippen molar-refractivity contribution in [3.8, 4) is 0 Å². The summed E-state index contributed by atoms with van der Waals surface area (Å²) in [5.74, 6) is -2.08. The molecule has 6 heteroatoms. The molecular weight excluding hydrogens is 406 g/mol. The van der Waals surface area contributed by atoms with Crippen LogP contribution in [0.4, 0.5) is 4.79 Å². The van der Waals surface area contributed by atoms with Gasteiger partial charge in [0.25, 0.3) is 0 Å². The van der Waals surface area contributed by atoms with Gasteiger partial charge in [-0.1, -0.05) is 108 Å². The van der Waals surface area contributed by atoms with E-state index in [1.54, 1.807) is 30.3 Å². The lowest BCUT2D eigenvalue weighted by Gasteiger charge is -2.12. The lowest BCUT2D eigenvalue weighted by molar-refractivity contribution is -0.142. The van der Waals surface area contributed by atoms with Crippen LogP contribution in [0.5, 0.6) is 0 Å². The number of ether oxygens (including phenoxy) is 1. The molecule has 0 radical (unpaired) electrons. The number of carbonyl (C=O) groups is 3. The fourth-order valence-electron chi connectivity index (χ4n) is 3.36. The highest BCUT2D eigenvalue weighted by molar-refractivity contribution is 6.09. The van der Waals surface area contributed by atoms with Crippen molar-refractivity contribution in [2.24, 2.45) is 0 Å². The Morgan fingerprint density at radius 2 is 1.47 bits per heavy atom. The van der Waals surface area contributed by atoms with Crippen LogP contribution >= 0.6 is 0 Å². The Balaban J connectivity index is 2.16. The number of nitrogens with one attached hydrogen (secondary N) is 1. The number of carboxylic acids is 1. The van der Waals surface area contributed by atoms with Crippen molar-refractivity contribution in [1.82, 2.24) is 5.32 Å². The van der Waals surface area contributed by atoms with Crippen molar-refractivity contribution >= 4 is 17.8 Å². The van der Waals surface area contributed by atoms with E-state index in [9.17, 15) is 19.5 Å². The summed E-state index contributed by atoms with van der Waals surface area (Å²) in [6, 6.07) is 7.37. The first-order chi connectivity index (χ1) is 15.5. The Morgan fingerprint density at radius 3 is 2.03 bits per heavy atom. The number of unbranched alkanes of at least 4 members (excludes halogenated alkanes) is 11. The smallest absolute Gasteiger partial charge is 0.408 e. The number of allylic oxidation sites excluding steroid dienone is 1. The van der Waals surface area contributed by atoms with Gasteiger partial charge < -0.3 is 15.2 Å². The van der Waals surface area contributed by atoms with E-state index in [2.05, 4.69) is 12.2 Å². The number of carbonyl (C=O) groups excluding carboxylic acids is 2. The number of ketones is 1. The van der Waals surface area contributed by atoms with Gasteiger partial charge in [0.1, 0.15) is 6.61 Å². The van der Waals surface area contributed by atoms with Gasteiger partial charge in [0.2, 0.25) is 0 Å². The zero-order valence-corrected chi connectivity index (χ0v) is 19.4. The second-order valence-electron chi connectivity index (χ2n) is 8.11. The third kappa shape index (κ3) is 13.6. The molecule has 0 aliphatic rings. The van der Waals surface area contributed by atoms with Crippen LogP contribution in [0.3, 0.4) is 0 Å². The third-order valence-electron chi connectivity index (χ3n) is 5.26. The minimum atomic E-state index is -1.65. The molecule has 6 nitrogen and oxygen atoms in total. The van der Waals surface area contributed by atoms with E-state index in [4.69, 9.17) is 4.74 Å². The molecule has 0 spiro atoms. The monoisotopic (exact) mass is 445 g/mol. The standard InChI is InChI=1S/C26H39NO5/c1-2-3-4-5-6-7-8-9-10-11-12-13-17-20-23(28)24(25(29)30)27-26(31)32-21-22-18-15-14-16-19-22/h14-20,24H,2-13,21H2,1H3,(H,27,31)(H,29,30)/b20-17+. The average Bonchev–Trinajstić information content (AvgIpc) is 2.79. The fourth-order valence-corrected chi connectivity index (χ4v) is 3.36. The molecule has 0 fully saturated rings. The number of amides is 1. The zero-order valence-electron chi connectivity index (χ0n) is 19.4. The molecular formula is C26H39NO5. The van der Waals surface area contributed by atoms with Crippen LogP contribution in [-0.2, 0) is 20.9 Å². The summed E-state index contributed by atoms with van der Waals surface area (Å²) >= 11 is 0. The highest BCUT2D eigenvalue weighted by atomic mass is 16.5. The Hall–Kier alpha value is -2.63. The van der Waals surface area contributed by atoms with E-state index < -0.39 is 23.9 Å². The second kappa shape index (κ2) is 18.0. The molecule has 1 aromatic carbocycles. The predicted octanol–water partition coefficient (Wildman–Crippen LogP) is 6.19. The van der Waals surface area contributed by atoms with Crippen LogP contribution in [0, 0.1) is 0 Å². The molecule has 1 amide bonds. The van der Waals surface area contributed by atoms with Crippen molar-refractivity contribution < 1.29 is 24.2 Å². The van der Waals surface area contributed by atoms with Gasteiger partial charge in [0.15, 0.2) is 11.8 Å². The lowest BCUT2D eigenvalue weighted by atomic mass is 10.0. The number of rotatable bonds is 18. The van der Waals surface area contributed by atoms with Crippen molar-refractivity contribution in [2.45, 2.75) is 96.6 Å². The van der Waals surface area contributed by atoms with Crippen molar-refractivity contribution in [1.29, 1.82) is 0 Å². The molecule has 178 valence electrons. The van der Waals surface area contributed by atoms with Gasteiger partial charge in [-0.3, -0.25) is 4.79 Å². The van der Waals surface area contributed by atoms with Crippen LogP contribution in [-0.4, -0.2) is 29.0 Å². The van der Waals surface area contributed by atoms with Crippen molar-refractivity contribution in [3.63, 3.8) is 0 Å². The van der Waals surface area contributed by atoms with E-state index >= 15 is 0 Å². The molecule has 0 aliphatic heterocycles. The molecule has 2 N–H and O–H groups in total. The zero-order chi connectivity index (χ0) is 23.4. The Morgan fingerprint density at radius 1 is 0.906 bits per heavy atom. The molecule has 0 saturated heterocycles. The van der Waals surface area contributed by atoms with Crippen LogP contribution in [0.15, 0.2) is 42.5 Å². The number of hydrogen-bond acceptors (Lipinski definition) is 4. The molecule has 0 saturated carbocycles. The molecule has 1 atom stereocenters. The van der Waals surface area contributed by atoms with Gasteiger partial charge in [-0.2, -0.15) is 0 Å². The molecule has 0 aliphatic carbocycles. The summed E-state index contributed by atoms with van der Waals surface area (Å²) in [4.78, 5) is 35.4. The van der Waals surface area contributed by atoms with E-state index in [-0.39, 0.29) is 6.61 Å². The molecule has 1 unspecified atom stereocenters. The fraction of sp³-hybridized carbons (Fsp3) is 0.577. The van der Waals surface area contributed by atoms with Crippen molar-refractivity contribution in [2.75, 3.05) is 0 Å². The maximum Gasteiger partial charge on any atom is 0.408 e. The number of hydrogen-bond donors (Lipinski definition) is 2. The SMILES string of the molecule is CCCCCCCCCCCCC/C=C/C(=O)C(NC(=O)OCc1ccccc1)C(=O)O. The van der Waals surface area contributed by atoms with E-state index in [1.807, 2.05) is 6.07 Å². The van der Waals surface area contributed by atoms with E-state index in [0.717, 1.165) is 18.4 Å². The molecule has 1 rings (SSSR count). The summed E-state index contributed by atoms with van der Waals surface area (Å²) in [5.41, 5.74) is 0.771. The number of carboxylic acid groups (broad SMARTS) is 1. The van der Waals surface area contributed by atoms with Crippen LogP contribution in [0.25, 0.3) is 0 Å². The summed E-state index contributed by atoms with van der Waals surface area (Å²) < 4.78 is 4.99. The normalized spacial score (nSPS) is 11.9. The van der Waals surface area contributed by atoms with Gasteiger partial charge in [-0.25, -0.2) is 9.59 Å². The minimum absolute atomic E-state index is 0.00188. The molecule has 0 heterocycles. The number of alkyl carbamates (subject to hydrolysis) is 1. The first kappa shape index (κ1) is 27.4. The third-order valence-corrected chi connectivity index (χ3v) is 5.26. The second-order valence-corrected chi connectivity index (χ2v) is 8.11. The van der Waals surface area contributed by atoms with Crippen LogP contribution in [0.2, 0.25) is 0 Å². The van der Waals surface area contributed by atoms with Crippen LogP contribution in [0.1, 0.15) is 89.5 Å². The summed E-state index contributed by atoms with van der Waals surface area (Å²) in [5, 5.41) is 11.4. The first-order valence-corrected chi connectivity index (χ1v) is 11.9. The largest absolute Gasteiger partial charge is 0.479 e. The first-order valence-electron chi connectivity index (χ1n) is 11.9. The number of benzene rings is 1. The predicted molar refractivity (Wildman–Crippen MR) is 126 cm³/mol. The molecule has 32 heavy (non-hydrogen) atoms. The highest BCUT2D eigenvalue weighted by Gasteiger charge is 2.26. The molecule has 0 aromatic heterocycles. The van der Waals surface area contributed by atoms with Gasteiger partial charge in [0, 0.05) is 0 Å². The average molecular weight is 446 g/mol. The van der Waals surface area contributed by atoms with Crippen molar-refractivity contribution in [3.05, 3.63) is 48.0 Å². The van der Waals surface area contributed by atoms with E-state index in [1.165, 1.54) is 63.9 Å². The number of aliphatic carboxylic acids is 1. The molecule has 1 aromatic rings. The van der Waals surface area contributed by atoms with Gasteiger partial charge >= 0.3 is 12.1 Å². The maximum absolute atomic E-state index is 12.2. The quantitative estimate of drug-likeness (QED) is 0.160. The summed E-state index contributed by atoms with van der Waals surface area (Å²) in [7, 11) is 0. The highest BCUT2D eigenvalue weighted by Crippen LogP contribution is 2.12. The molecule has 0 bridgehead atoms. The Bertz CT molecular complexity index is 687. The summed E-state index contributed by atoms with van der Waals surface area (Å²) in [6.07, 6.45) is 16.5. The topological polar surface area (TPSA) is 92.7 Å². The minimum Gasteiger partial charge on any atom is -0.479 e. The summed E-state index contributed by atoms with van der Waals surface area (Å²) in [6.45, 7) is 2.23.